The Labute approximate surface area is 124 Å². The number of amides is 2. The second kappa shape index (κ2) is 7.59. The summed E-state index contributed by atoms with van der Waals surface area (Å²) in [6, 6.07) is 0.214. The number of nitrogens with zero attached hydrogens (tertiary/aromatic N) is 2. The number of rotatable bonds is 5. The highest BCUT2D eigenvalue weighted by Crippen LogP contribution is 2.21. The molecule has 0 bridgehead atoms. The number of thiazole rings is 1. The van der Waals surface area contributed by atoms with Crippen molar-refractivity contribution < 1.29 is 4.79 Å². The smallest absolute Gasteiger partial charge is 0.323 e. The van der Waals surface area contributed by atoms with Gasteiger partial charge in [-0.3, -0.25) is 5.32 Å². The maximum Gasteiger partial charge on any atom is 0.323 e. The van der Waals surface area contributed by atoms with Crippen LogP contribution in [0.4, 0.5) is 9.93 Å². The van der Waals surface area contributed by atoms with E-state index in [1.54, 1.807) is 0 Å². The molecule has 6 heteroatoms. The van der Waals surface area contributed by atoms with Crippen molar-refractivity contribution >= 4 is 22.5 Å². The maximum atomic E-state index is 12.1. The molecule has 0 aliphatic carbocycles. The predicted molar refractivity (Wildman–Crippen MR) is 83.3 cm³/mol. The molecule has 1 aromatic heterocycles. The number of urea groups is 1. The van der Waals surface area contributed by atoms with E-state index in [4.69, 9.17) is 0 Å². The Balaban J connectivity index is 1.86. The molecule has 5 nitrogen and oxygen atoms in total. The van der Waals surface area contributed by atoms with Gasteiger partial charge in [-0.2, -0.15) is 0 Å². The van der Waals surface area contributed by atoms with Crippen molar-refractivity contribution in [2.24, 2.45) is 0 Å². The Hall–Kier alpha value is -1.14. The third-order valence-electron chi connectivity index (χ3n) is 3.52. The van der Waals surface area contributed by atoms with Gasteiger partial charge in [0.1, 0.15) is 0 Å². The second-order valence-electron chi connectivity index (χ2n) is 5.23. The highest BCUT2D eigenvalue weighted by molar-refractivity contribution is 7.13. The number of carbonyl (C=O) groups is 1. The minimum absolute atomic E-state index is 0.0141. The molecule has 2 amide bonds. The van der Waals surface area contributed by atoms with Crippen molar-refractivity contribution in [2.45, 2.75) is 45.6 Å². The van der Waals surface area contributed by atoms with E-state index in [0.717, 1.165) is 44.6 Å². The van der Waals surface area contributed by atoms with Crippen LogP contribution in [0.3, 0.4) is 0 Å². The summed E-state index contributed by atoms with van der Waals surface area (Å²) in [6.07, 6.45) is 4.54. The predicted octanol–water partition coefficient (Wildman–Crippen LogP) is 3.22. The first-order chi connectivity index (χ1) is 9.70. The van der Waals surface area contributed by atoms with Gasteiger partial charge in [-0.25, -0.2) is 9.78 Å². The summed E-state index contributed by atoms with van der Waals surface area (Å²) in [5.74, 6) is 0. The van der Waals surface area contributed by atoms with Crippen molar-refractivity contribution in [1.29, 1.82) is 0 Å². The number of piperidine rings is 1. The molecule has 2 heterocycles. The van der Waals surface area contributed by atoms with E-state index in [0.29, 0.717) is 5.13 Å². The quantitative estimate of drug-likeness (QED) is 0.877. The Morgan fingerprint density at radius 3 is 2.90 bits per heavy atom. The minimum Gasteiger partial charge on any atom is -0.324 e. The third-order valence-corrected chi connectivity index (χ3v) is 4.30. The molecule has 0 saturated carbocycles. The summed E-state index contributed by atoms with van der Waals surface area (Å²) in [5.41, 5.74) is 0.998. The number of carbonyl (C=O) groups excluding carboxylic acids is 1. The van der Waals surface area contributed by atoms with E-state index in [1.165, 1.54) is 17.8 Å². The van der Waals surface area contributed by atoms with Gasteiger partial charge in [0.25, 0.3) is 0 Å². The number of nitrogens with one attached hydrogen (secondary N) is 2. The number of aromatic nitrogens is 1. The van der Waals surface area contributed by atoms with Crippen LogP contribution in [0.1, 0.15) is 51.3 Å². The number of anilines is 1. The Morgan fingerprint density at radius 2 is 2.20 bits per heavy atom. The van der Waals surface area contributed by atoms with E-state index in [2.05, 4.69) is 29.5 Å². The first kappa shape index (κ1) is 15.3. The van der Waals surface area contributed by atoms with Crippen molar-refractivity contribution in [1.82, 2.24) is 15.2 Å². The molecule has 2 rings (SSSR count). The lowest BCUT2D eigenvalue weighted by molar-refractivity contribution is 0.200. The second-order valence-corrected chi connectivity index (χ2v) is 6.09. The first-order valence-electron chi connectivity index (χ1n) is 7.45. The maximum absolute atomic E-state index is 12.1. The largest absolute Gasteiger partial charge is 0.324 e. The van der Waals surface area contributed by atoms with E-state index in [-0.39, 0.29) is 12.1 Å². The molecule has 112 valence electrons. The monoisotopic (exact) mass is 296 g/mol. The Kier molecular flexibility index (Phi) is 5.79. The number of hydrogen-bond acceptors (Lipinski definition) is 4. The van der Waals surface area contributed by atoms with E-state index in [1.807, 2.05) is 10.3 Å². The average Bonchev–Trinajstić information content (AvgIpc) is 2.94. The zero-order valence-electron chi connectivity index (χ0n) is 12.3. The molecule has 1 aliphatic rings. The van der Waals surface area contributed by atoms with Gasteiger partial charge in [-0.05, 0) is 39.2 Å². The van der Waals surface area contributed by atoms with E-state index >= 15 is 0 Å². The summed E-state index contributed by atoms with van der Waals surface area (Å²) < 4.78 is 0. The van der Waals surface area contributed by atoms with Crippen LogP contribution in [0.25, 0.3) is 0 Å². The van der Waals surface area contributed by atoms with Crippen molar-refractivity contribution in [3.63, 3.8) is 0 Å². The van der Waals surface area contributed by atoms with Crippen molar-refractivity contribution in [3.05, 3.63) is 11.1 Å². The Bertz CT molecular complexity index is 429. The summed E-state index contributed by atoms with van der Waals surface area (Å²) in [5, 5.41) is 9.02. The van der Waals surface area contributed by atoms with Crippen LogP contribution in [0.5, 0.6) is 0 Å². The van der Waals surface area contributed by atoms with Crippen LogP contribution in [0, 0.1) is 0 Å². The van der Waals surface area contributed by atoms with E-state index in [9.17, 15) is 4.79 Å². The van der Waals surface area contributed by atoms with Crippen LogP contribution >= 0.6 is 11.3 Å². The third kappa shape index (κ3) is 4.18. The summed E-state index contributed by atoms with van der Waals surface area (Å²) in [7, 11) is 0. The summed E-state index contributed by atoms with van der Waals surface area (Å²) >= 11 is 1.49. The molecule has 0 spiro atoms. The molecule has 1 unspecified atom stereocenters. The summed E-state index contributed by atoms with van der Waals surface area (Å²) in [4.78, 5) is 18.5. The molecule has 0 radical (unpaired) electrons. The fourth-order valence-electron chi connectivity index (χ4n) is 2.28. The zero-order valence-corrected chi connectivity index (χ0v) is 13.1. The molecular weight excluding hydrogens is 272 g/mol. The lowest BCUT2D eigenvalue weighted by atomic mass is 10.1. The van der Waals surface area contributed by atoms with Crippen LogP contribution in [-0.2, 0) is 0 Å². The van der Waals surface area contributed by atoms with E-state index < -0.39 is 0 Å². The number of hydrogen-bond donors (Lipinski definition) is 2. The van der Waals surface area contributed by atoms with Crippen LogP contribution in [0.15, 0.2) is 5.38 Å². The van der Waals surface area contributed by atoms with Gasteiger partial charge in [0.2, 0.25) is 0 Å². The highest BCUT2D eigenvalue weighted by Gasteiger charge is 2.18. The molecule has 0 aromatic carbocycles. The molecule has 1 aliphatic heterocycles. The van der Waals surface area contributed by atoms with Gasteiger partial charge >= 0.3 is 6.03 Å². The fraction of sp³-hybridized carbons (Fsp3) is 0.714. The van der Waals surface area contributed by atoms with Gasteiger partial charge in [-0.1, -0.05) is 6.92 Å². The van der Waals surface area contributed by atoms with Crippen molar-refractivity contribution in [2.75, 3.05) is 25.0 Å². The molecular formula is C14H24N4OS. The first-order valence-corrected chi connectivity index (χ1v) is 8.33. The lowest BCUT2D eigenvalue weighted by Crippen LogP contribution is -2.38. The molecule has 2 N–H and O–H groups in total. The average molecular weight is 296 g/mol. The summed E-state index contributed by atoms with van der Waals surface area (Å²) in [6.45, 7) is 6.94. The standard InChI is InChI=1S/C14H24N4OS/c1-3-7-15-11(2)12-10-20-13(16-12)17-14(19)18-8-5-4-6-9-18/h10-11,15H,3-9H2,1-2H3,(H,16,17,19). The van der Waals surface area contributed by atoms with Crippen LogP contribution in [0.2, 0.25) is 0 Å². The molecule has 1 atom stereocenters. The molecule has 1 saturated heterocycles. The van der Waals surface area contributed by atoms with Crippen molar-refractivity contribution in [3.8, 4) is 0 Å². The van der Waals surface area contributed by atoms with Gasteiger partial charge in [0.05, 0.1) is 5.69 Å². The van der Waals surface area contributed by atoms with Crippen LogP contribution in [-0.4, -0.2) is 35.5 Å². The van der Waals surface area contributed by atoms with Gasteiger partial charge in [-0.15, -0.1) is 11.3 Å². The van der Waals surface area contributed by atoms with Gasteiger partial charge in [0.15, 0.2) is 5.13 Å². The normalized spacial score (nSPS) is 17.0. The molecule has 20 heavy (non-hydrogen) atoms. The molecule has 1 fully saturated rings. The zero-order chi connectivity index (χ0) is 14.4. The van der Waals surface area contributed by atoms with Gasteiger partial charge in [0, 0.05) is 24.5 Å². The molecule has 1 aromatic rings. The topological polar surface area (TPSA) is 57.3 Å². The van der Waals surface area contributed by atoms with Gasteiger partial charge < -0.3 is 10.2 Å². The number of likely N-dealkylation sites (tertiary alicyclic amines) is 1. The Morgan fingerprint density at radius 1 is 1.45 bits per heavy atom. The lowest BCUT2D eigenvalue weighted by Gasteiger charge is -2.26. The SMILES string of the molecule is CCCNC(C)c1csc(NC(=O)N2CCCCC2)n1. The van der Waals surface area contributed by atoms with Crippen LogP contribution < -0.4 is 10.6 Å². The highest BCUT2D eigenvalue weighted by atomic mass is 32.1. The minimum atomic E-state index is -0.0141. The fourth-order valence-corrected chi connectivity index (χ4v) is 3.07.